The number of pyridine rings is 1. The fraction of sp³-hybridized carbons (Fsp3) is 0.259. The molecule has 2 heterocycles. The van der Waals surface area contributed by atoms with Crippen LogP contribution in [0.4, 0.5) is 14.5 Å². The molecule has 2 aromatic heterocycles. The van der Waals surface area contributed by atoms with Crippen LogP contribution >= 0.6 is 0 Å². The molecule has 0 aliphatic heterocycles. The number of ketones is 1. The topological polar surface area (TPSA) is 86.9 Å². The lowest BCUT2D eigenvalue weighted by Crippen LogP contribution is -2.13. The lowest BCUT2D eigenvalue weighted by molar-refractivity contribution is 0.103. The highest BCUT2D eigenvalue weighted by molar-refractivity contribution is 7.86. The lowest BCUT2D eigenvalue weighted by atomic mass is 9.99. The fourth-order valence-electron chi connectivity index (χ4n) is 3.70. The third-order valence-corrected chi connectivity index (χ3v) is 6.60. The van der Waals surface area contributed by atoms with Gasteiger partial charge in [-0.2, -0.15) is 0 Å². The van der Waals surface area contributed by atoms with Crippen molar-refractivity contribution in [1.29, 1.82) is 0 Å². The molecule has 1 atom stereocenters. The fourth-order valence-corrected chi connectivity index (χ4v) is 4.58. The molecule has 0 amide bonds. The summed E-state index contributed by atoms with van der Waals surface area (Å²) >= 11 is 0. The van der Waals surface area contributed by atoms with Crippen LogP contribution in [0.5, 0.6) is 0 Å². The molecule has 0 aliphatic rings. The molecule has 0 saturated carbocycles. The Labute approximate surface area is 212 Å². The number of aromatic nitrogens is 2. The summed E-state index contributed by atoms with van der Waals surface area (Å²) in [5.74, 6) is -2.59. The molecule has 0 bridgehead atoms. The summed E-state index contributed by atoms with van der Waals surface area (Å²) in [6, 6.07) is 11.8. The van der Waals surface area contributed by atoms with Crippen molar-refractivity contribution in [3.63, 3.8) is 0 Å². The normalized spacial score (nSPS) is 11.6. The van der Waals surface area contributed by atoms with Gasteiger partial charge in [0.05, 0.1) is 11.3 Å². The van der Waals surface area contributed by atoms with Crippen molar-refractivity contribution in [1.82, 2.24) is 15.3 Å². The molecular weight excluding hydrogens is 482 g/mol. The molecule has 3 N–H and O–H groups in total. The molecule has 2 aromatic carbocycles. The molecule has 9 heteroatoms. The third kappa shape index (κ3) is 5.85. The number of carbonyl (C=O) groups is 1. The van der Waals surface area contributed by atoms with Crippen LogP contribution in [0.1, 0.15) is 48.7 Å². The average Bonchev–Trinajstić information content (AvgIpc) is 3.31. The minimum atomic E-state index is -1.54. The van der Waals surface area contributed by atoms with E-state index in [2.05, 4.69) is 20.0 Å². The first-order valence-electron chi connectivity index (χ1n) is 11.8. The Morgan fingerprint density at radius 2 is 1.81 bits per heavy atom. The quantitative estimate of drug-likeness (QED) is 0.241. The maximum Gasteiger partial charge on any atom is 0.201 e. The number of carbonyl (C=O) groups excluding carboxylic acids is 1. The van der Waals surface area contributed by atoms with Crippen LogP contribution in [0.3, 0.4) is 0 Å². The van der Waals surface area contributed by atoms with Crippen LogP contribution in [0, 0.1) is 11.6 Å². The number of fused-ring (bicyclic) bond motifs is 1. The zero-order valence-electron chi connectivity index (χ0n) is 20.7. The first-order valence-corrected chi connectivity index (χ1v) is 13.1. The van der Waals surface area contributed by atoms with Gasteiger partial charge in [-0.15, -0.1) is 0 Å². The molecule has 0 radical (unpaired) electrons. The number of hydrogen-bond donors (Lipinski definition) is 3. The predicted molar refractivity (Wildman–Crippen MR) is 142 cm³/mol. The number of benzene rings is 2. The Balaban J connectivity index is 0.00000176. The Kier molecular flexibility index (Phi) is 9.44. The smallest absolute Gasteiger partial charge is 0.201 e. The van der Waals surface area contributed by atoms with Crippen molar-refractivity contribution in [3.8, 4) is 11.1 Å². The molecule has 0 aliphatic carbocycles. The van der Waals surface area contributed by atoms with Gasteiger partial charge in [-0.25, -0.2) is 18.0 Å². The summed E-state index contributed by atoms with van der Waals surface area (Å²) in [7, 11) is 0.333. The number of aromatic amines is 1. The van der Waals surface area contributed by atoms with Crippen LogP contribution in [-0.4, -0.2) is 32.8 Å². The van der Waals surface area contributed by atoms with Crippen LogP contribution in [0.2, 0.25) is 0 Å². The number of nitrogens with one attached hydrogen (secondary N) is 3. The van der Waals surface area contributed by atoms with E-state index in [1.54, 1.807) is 12.3 Å². The van der Waals surface area contributed by atoms with Gasteiger partial charge in [0.25, 0.3) is 0 Å². The van der Waals surface area contributed by atoms with E-state index in [1.807, 2.05) is 52.1 Å². The minimum absolute atomic E-state index is 0.0979. The molecule has 0 spiro atoms. The van der Waals surface area contributed by atoms with E-state index in [0.29, 0.717) is 23.2 Å². The maximum atomic E-state index is 15.1. The van der Waals surface area contributed by atoms with Gasteiger partial charge in [0.1, 0.15) is 22.5 Å². The zero-order chi connectivity index (χ0) is 26.2. The SMILES string of the molecule is CC.CCCS(=O)Nc1ccc(F)c(C(=O)c2c[nH]c3ncc(-c4ccc(CNC)cc4)cc23)c1F. The number of H-pyrrole nitrogens is 1. The molecule has 36 heavy (non-hydrogen) atoms. The first-order chi connectivity index (χ1) is 17.4. The molecule has 1 unspecified atom stereocenters. The number of anilines is 1. The van der Waals surface area contributed by atoms with Crippen molar-refractivity contribution >= 4 is 33.5 Å². The van der Waals surface area contributed by atoms with E-state index < -0.39 is 34.0 Å². The second kappa shape index (κ2) is 12.5. The third-order valence-electron chi connectivity index (χ3n) is 5.38. The summed E-state index contributed by atoms with van der Waals surface area (Å²) in [4.78, 5) is 20.5. The van der Waals surface area contributed by atoms with Crippen LogP contribution < -0.4 is 10.0 Å². The van der Waals surface area contributed by atoms with Gasteiger partial charge in [-0.05, 0) is 42.8 Å². The molecule has 4 aromatic rings. The number of halogens is 2. The van der Waals surface area contributed by atoms with E-state index in [4.69, 9.17) is 0 Å². The highest BCUT2D eigenvalue weighted by Crippen LogP contribution is 2.29. The molecule has 6 nitrogen and oxygen atoms in total. The van der Waals surface area contributed by atoms with Gasteiger partial charge >= 0.3 is 0 Å². The average molecular weight is 513 g/mol. The molecule has 190 valence electrons. The van der Waals surface area contributed by atoms with Gasteiger partial charge in [-0.1, -0.05) is 45.0 Å². The molecule has 0 saturated heterocycles. The predicted octanol–water partition coefficient (Wildman–Crippen LogP) is 5.97. The van der Waals surface area contributed by atoms with Gasteiger partial charge in [0.15, 0.2) is 5.82 Å². The number of hydrogen-bond acceptors (Lipinski definition) is 4. The highest BCUT2D eigenvalue weighted by atomic mass is 32.2. The maximum absolute atomic E-state index is 15.1. The molecule has 0 fully saturated rings. The van der Waals surface area contributed by atoms with Gasteiger partial charge < -0.3 is 15.0 Å². The monoisotopic (exact) mass is 512 g/mol. The second-order valence-corrected chi connectivity index (χ2v) is 9.12. The Bertz CT molecular complexity index is 1370. The Morgan fingerprint density at radius 1 is 1.08 bits per heavy atom. The van der Waals surface area contributed by atoms with Gasteiger partial charge in [0.2, 0.25) is 5.78 Å². The minimum Gasteiger partial charge on any atom is -0.345 e. The zero-order valence-corrected chi connectivity index (χ0v) is 21.6. The second-order valence-electron chi connectivity index (χ2n) is 7.81. The summed E-state index contributed by atoms with van der Waals surface area (Å²) < 4.78 is 44.3. The van der Waals surface area contributed by atoms with E-state index in [-0.39, 0.29) is 11.3 Å². The number of rotatable bonds is 9. The largest absolute Gasteiger partial charge is 0.345 e. The van der Waals surface area contributed by atoms with Crippen molar-refractivity contribution in [2.24, 2.45) is 0 Å². The van der Waals surface area contributed by atoms with Gasteiger partial charge in [-0.3, -0.25) is 4.79 Å². The highest BCUT2D eigenvalue weighted by Gasteiger charge is 2.25. The van der Waals surface area contributed by atoms with E-state index in [9.17, 15) is 13.4 Å². The van der Waals surface area contributed by atoms with Crippen molar-refractivity contribution < 1.29 is 17.8 Å². The van der Waals surface area contributed by atoms with Gasteiger partial charge in [0, 0.05) is 41.2 Å². The molecular formula is C27H30F2N4O2S. The summed E-state index contributed by atoms with van der Waals surface area (Å²) in [5.41, 5.74) is 2.42. The number of nitrogens with zero attached hydrogens (tertiary/aromatic N) is 1. The van der Waals surface area contributed by atoms with Crippen LogP contribution in [0.25, 0.3) is 22.2 Å². The van der Waals surface area contributed by atoms with E-state index in [0.717, 1.165) is 35.4 Å². The Hall–Kier alpha value is -3.43. The van der Waals surface area contributed by atoms with Crippen molar-refractivity contribution in [2.75, 3.05) is 17.5 Å². The first kappa shape index (κ1) is 27.2. The lowest BCUT2D eigenvalue weighted by Gasteiger charge is -2.10. The summed E-state index contributed by atoms with van der Waals surface area (Å²) in [5, 5.41) is 3.54. The summed E-state index contributed by atoms with van der Waals surface area (Å²) in [6.07, 6.45) is 3.69. The van der Waals surface area contributed by atoms with E-state index in [1.165, 1.54) is 6.20 Å². The summed E-state index contributed by atoms with van der Waals surface area (Å²) in [6.45, 7) is 6.58. The standard InChI is InChI=1S/C25H24F2N4O2S.C2H6/c1-3-10-34(33)31-21-9-8-20(26)22(23(21)27)24(32)19-14-30-25-18(19)11-17(13-29-25)16-6-4-15(5-7-16)12-28-2;1-2/h4-9,11,13-14,28,31H,3,10,12H2,1-2H3,(H,29,30);1-2H3. The molecule has 4 rings (SSSR count). The van der Waals surface area contributed by atoms with Crippen LogP contribution in [-0.2, 0) is 17.5 Å². The van der Waals surface area contributed by atoms with Crippen LogP contribution in [0.15, 0.2) is 54.9 Å². The Morgan fingerprint density at radius 3 is 2.47 bits per heavy atom. The van der Waals surface area contributed by atoms with Crippen molar-refractivity contribution in [2.45, 2.75) is 33.7 Å². The van der Waals surface area contributed by atoms with E-state index >= 15 is 4.39 Å². The van der Waals surface area contributed by atoms with Crippen molar-refractivity contribution in [3.05, 3.63) is 83.2 Å².